The highest BCUT2D eigenvalue weighted by atomic mass is 16.6. The van der Waals surface area contributed by atoms with Crippen molar-refractivity contribution < 1.29 is 18.9 Å². The van der Waals surface area contributed by atoms with Gasteiger partial charge >= 0.3 is 0 Å². The molecule has 1 atom stereocenters. The summed E-state index contributed by atoms with van der Waals surface area (Å²) in [5.74, 6) is 0. The maximum absolute atomic E-state index is 5.75. The van der Waals surface area contributed by atoms with Gasteiger partial charge < -0.3 is 24.7 Å². The Bertz CT molecular complexity index is 356. The van der Waals surface area contributed by atoms with Crippen LogP contribution in [0.2, 0.25) is 0 Å². The standard InChI is InChI=1S/C16H27NO4/c1-14-3-5-15(6-4-14)16(13-17)21-12-11-20-10-9-19-8-7-18-2/h3-6,16H,7-13,17H2,1-2H3. The van der Waals surface area contributed by atoms with E-state index < -0.39 is 0 Å². The molecule has 0 aliphatic rings. The van der Waals surface area contributed by atoms with Crippen molar-refractivity contribution >= 4 is 0 Å². The third-order valence-corrected chi connectivity index (χ3v) is 3.01. The number of ether oxygens (including phenoxy) is 4. The molecular weight excluding hydrogens is 270 g/mol. The predicted octanol–water partition coefficient (Wildman–Crippen LogP) is 1.69. The Kier molecular flexibility index (Phi) is 10.0. The van der Waals surface area contributed by atoms with Gasteiger partial charge in [-0.3, -0.25) is 0 Å². The summed E-state index contributed by atoms with van der Waals surface area (Å²) in [6.45, 7) is 5.92. The molecule has 0 radical (unpaired) electrons. The predicted molar refractivity (Wildman–Crippen MR) is 82.4 cm³/mol. The fraction of sp³-hybridized carbons (Fsp3) is 0.625. The lowest BCUT2D eigenvalue weighted by atomic mass is 10.1. The molecule has 120 valence electrons. The molecule has 5 nitrogen and oxygen atoms in total. The maximum atomic E-state index is 5.75. The molecule has 1 rings (SSSR count). The topological polar surface area (TPSA) is 62.9 Å². The Morgan fingerprint density at radius 2 is 1.48 bits per heavy atom. The van der Waals surface area contributed by atoms with Crippen molar-refractivity contribution in [3.05, 3.63) is 35.4 Å². The average Bonchev–Trinajstić information content (AvgIpc) is 2.51. The Balaban J connectivity index is 2.08. The van der Waals surface area contributed by atoms with E-state index in [1.54, 1.807) is 7.11 Å². The van der Waals surface area contributed by atoms with E-state index in [2.05, 4.69) is 31.2 Å². The Morgan fingerprint density at radius 3 is 2.05 bits per heavy atom. The fourth-order valence-electron chi connectivity index (χ4n) is 1.79. The first-order valence-corrected chi connectivity index (χ1v) is 7.30. The molecule has 0 saturated heterocycles. The van der Waals surface area contributed by atoms with E-state index in [-0.39, 0.29) is 6.10 Å². The van der Waals surface area contributed by atoms with E-state index in [9.17, 15) is 0 Å². The van der Waals surface area contributed by atoms with Crippen molar-refractivity contribution in [2.24, 2.45) is 5.73 Å². The minimum atomic E-state index is -0.0767. The zero-order valence-electron chi connectivity index (χ0n) is 13.0. The molecule has 0 bridgehead atoms. The number of aryl methyl sites for hydroxylation is 1. The van der Waals surface area contributed by atoms with Crippen LogP contribution in [-0.2, 0) is 18.9 Å². The van der Waals surface area contributed by atoms with Crippen molar-refractivity contribution in [1.29, 1.82) is 0 Å². The molecular formula is C16H27NO4. The summed E-state index contributed by atoms with van der Waals surface area (Å²) in [5.41, 5.74) is 8.08. The van der Waals surface area contributed by atoms with Crippen LogP contribution in [0.1, 0.15) is 17.2 Å². The highest BCUT2D eigenvalue weighted by Crippen LogP contribution is 2.16. The van der Waals surface area contributed by atoms with Crippen molar-refractivity contribution in [2.75, 3.05) is 53.3 Å². The number of methoxy groups -OCH3 is 1. The number of hydrogen-bond acceptors (Lipinski definition) is 5. The van der Waals surface area contributed by atoms with Gasteiger partial charge in [-0.05, 0) is 12.5 Å². The Morgan fingerprint density at radius 1 is 0.905 bits per heavy atom. The largest absolute Gasteiger partial charge is 0.382 e. The number of rotatable bonds is 12. The van der Waals surface area contributed by atoms with Crippen LogP contribution in [0.5, 0.6) is 0 Å². The van der Waals surface area contributed by atoms with Crippen molar-refractivity contribution in [1.82, 2.24) is 0 Å². The molecule has 0 heterocycles. The SMILES string of the molecule is COCCOCCOCCOC(CN)c1ccc(C)cc1. The molecule has 21 heavy (non-hydrogen) atoms. The lowest BCUT2D eigenvalue weighted by Gasteiger charge is -2.16. The van der Waals surface area contributed by atoms with Crippen LogP contribution in [0.25, 0.3) is 0 Å². The lowest BCUT2D eigenvalue weighted by Crippen LogP contribution is -2.19. The second-order valence-corrected chi connectivity index (χ2v) is 4.72. The molecule has 2 N–H and O–H groups in total. The summed E-state index contributed by atoms with van der Waals surface area (Å²) in [4.78, 5) is 0. The van der Waals surface area contributed by atoms with Gasteiger partial charge in [0.2, 0.25) is 0 Å². The highest BCUT2D eigenvalue weighted by Gasteiger charge is 2.09. The van der Waals surface area contributed by atoms with Crippen molar-refractivity contribution in [2.45, 2.75) is 13.0 Å². The summed E-state index contributed by atoms with van der Waals surface area (Å²) in [7, 11) is 1.65. The van der Waals surface area contributed by atoms with E-state index in [4.69, 9.17) is 24.7 Å². The van der Waals surface area contributed by atoms with Gasteiger partial charge in [0.15, 0.2) is 0 Å². The normalized spacial score (nSPS) is 12.5. The van der Waals surface area contributed by atoms with E-state index in [1.165, 1.54) is 5.56 Å². The van der Waals surface area contributed by atoms with E-state index in [0.29, 0.717) is 46.2 Å². The van der Waals surface area contributed by atoms with Gasteiger partial charge in [-0.25, -0.2) is 0 Å². The van der Waals surface area contributed by atoms with Gasteiger partial charge in [-0.15, -0.1) is 0 Å². The van der Waals surface area contributed by atoms with Crippen LogP contribution in [0.15, 0.2) is 24.3 Å². The summed E-state index contributed by atoms with van der Waals surface area (Å²) >= 11 is 0. The van der Waals surface area contributed by atoms with Gasteiger partial charge in [0.1, 0.15) is 0 Å². The highest BCUT2D eigenvalue weighted by molar-refractivity contribution is 5.23. The molecule has 0 aliphatic heterocycles. The van der Waals surface area contributed by atoms with Crippen LogP contribution in [0, 0.1) is 6.92 Å². The Hall–Kier alpha value is -0.980. The number of hydrogen-bond donors (Lipinski definition) is 1. The van der Waals surface area contributed by atoms with Gasteiger partial charge in [0, 0.05) is 13.7 Å². The van der Waals surface area contributed by atoms with Crippen LogP contribution in [0.4, 0.5) is 0 Å². The minimum Gasteiger partial charge on any atom is -0.382 e. The van der Waals surface area contributed by atoms with Crippen LogP contribution in [0.3, 0.4) is 0 Å². The van der Waals surface area contributed by atoms with E-state index in [0.717, 1.165) is 5.56 Å². The van der Waals surface area contributed by atoms with Crippen LogP contribution >= 0.6 is 0 Å². The number of benzene rings is 1. The first-order valence-electron chi connectivity index (χ1n) is 7.30. The van der Waals surface area contributed by atoms with Gasteiger partial charge in [-0.2, -0.15) is 0 Å². The first kappa shape index (κ1) is 18.1. The summed E-state index contributed by atoms with van der Waals surface area (Å²) < 4.78 is 21.4. The second-order valence-electron chi connectivity index (χ2n) is 4.72. The van der Waals surface area contributed by atoms with Crippen molar-refractivity contribution in [3.63, 3.8) is 0 Å². The van der Waals surface area contributed by atoms with E-state index in [1.807, 2.05) is 0 Å². The zero-order chi connectivity index (χ0) is 15.3. The quantitative estimate of drug-likeness (QED) is 0.595. The maximum Gasteiger partial charge on any atom is 0.0948 e. The zero-order valence-corrected chi connectivity index (χ0v) is 13.0. The summed E-state index contributed by atoms with van der Waals surface area (Å²) in [5, 5.41) is 0. The molecule has 1 unspecified atom stereocenters. The van der Waals surface area contributed by atoms with Crippen molar-refractivity contribution in [3.8, 4) is 0 Å². The molecule has 0 saturated carbocycles. The summed E-state index contributed by atoms with van der Waals surface area (Å²) in [6.07, 6.45) is -0.0767. The average molecular weight is 297 g/mol. The van der Waals surface area contributed by atoms with Gasteiger partial charge in [0.05, 0.1) is 45.7 Å². The minimum absolute atomic E-state index is 0.0767. The van der Waals surface area contributed by atoms with Gasteiger partial charge in [0.25, 0.3) is 0 Å². The molecule has 0 fully saturated rings. The summed E-state index contributed by atoms with van der Waals surface area (Å²) in [6, 6.07) is 8.24. The first-order chi connectivity index (χ1) is 10.3. The molecule has 0 spiro atoms. The monoisotopic (exact) mass is 297 g/mol. The molecule has 5 heteroatoms. The van der Waals surface area contributed by atoms with Crippen LogP contribution in [-0.4, -0.2) is 53.3 Å². The van der Waals surface area contributed by atoms with E-state index >= 15 is 0 Å². The third-order valence-electron chi connectivity index (χ3n) is 3.01. The van der Waals surface area contributed by atoms with Gasteiger partial charge in [-0.1, -0.05) is 29.8 Å². The molecule has 0 aromatic heterocycles. The molecule has 0 aliphatic carbocycles. The molecule has 1 aromatic carbocycles. The second kappa shape index (κ2) is 11.7. The lowest BCUT2D eigenvalue weighted by molar-refractivity contribution is -0.0147. The fourth-order valence-corrected chi connectivity index (χ4v) is 1.79. The smallest absolute Gasteiger partial charge is 0.0948 e. The molecule has 1 aromatic rings. The number of nitrogens with two attached hydrogens (primary N) is 1. The third kappa shape index (κ3) is 8.14. The van der Waals surface area contributed by atoms with Crippen LogP contribution < -0.4 is 5.73 Å². The Labute approximate surface area is 127 Å². The molecule has 0 amide bonds.